The van der Waals surface area contributed by atoms with Crippen LogP contribution in [-0.4, -0.2) is 23.9 Å². The number of hydrogen-bond acceptors (Lipinski definition) is 3. The molecule has 2 aromatic rings. The van der Waals surface area contributed by atoms with E-state index < -0.39 is 11.6 Å². The van der Waals surface area contributed by atoms with E-state index in [4.69, 9.17) is 23.2 Å². The van der Waals surface area contributed by atoms with E-state index in [9.17, 15) is 9.59 Å². The van der Waals surface area contributed by atoms with Gasteiger partial charge in [0.1, 0.15) is 5.54 Å². The molecule has 2 aromatic carbocycles. The predicted molar refractivity (Wildman–Crippen MR) is 129 cm³/mol. The molecular formula is C25H29Cl2N3O2. The van der Waals surface area contributed by atoms with Gasteiger partial charge in [0.25, 0.3) is 0 Å². The maximum Gasteiger partial charge on any atom is 0.249 e. The summed E-state index contributed by atoms with van der Waals surface area (Å²) in [5.41, 5.74) is 1.25. The summed E-state index contributed by atoms with van der Waals surface area (Å²) < 4.78 is 0. The van der Waals surface area contributed by atoms with Gasteiger partial charge in [0.15, 0.2) is 0 Å². The Labute approximate surface area is 199 Å². The Balaban J connectivity index is 1.73. The molecule has 2 atom stereocenters. The Kier molecular flexibility index (Phi) is 6.80. The first-order valence-electron chi connectivity index (χ1n) is 11.2. The molecule has 7 heteroatoms. The van der Waals surface area contributed by atoms with Gasteiger partial charge in [-0.2, -0.15) is 0 Å². The SMILES string of the molecule is CC(C)CC(N[C@]1(Cc2cccc(Cl)c2)C(=O)Nc2cc(Cl)ccc21)C(=O)NC1CCC1. The first kappa shape index (κ1) is 23.1. The molecule has 32 heavy (non-hydrogen) atoms. The van der Waals surface area contributed by atoms with E-state index in [0.717, 1.165) is 30.4 Å². The van der Waals surface area contributed by atoms with E-state index in [1.165, 1.54) is 0 Å². The van der Waals surface area contributed by atoms with Crippen LogP contribution < -0.4 is 16.0 Å². The number of anilines is 1. The van der Waals surface area contributed by atoms with Gasteiger partial charge in [-0.25, -0.2) is 0 Å². The number of rotatable bonds is 8. The minimum atomic E-state index is -1.11. The van der Waals surface area contributed by atoms with Gasteiger partial charge in [-0.15, -0.1) is 0 Å². The third-order valence-electron chi connectivity index (χ3n) is 6.33. The number of carbonyl (C=O) groups excluding carboxylic acids is 2. The van der Waals surface area contributed by atoms with Crippen LogP contribution in [0.5, 0.6) is 0 Å². The van der Waals surface area contributed by atoms with Gasteiger partial charge >= 0.3 is 0 Å². The summed E-state index contributed by atoms with van der Waals surface area (Å²) in [6.07, 6.45) is 4.14. The second kappa shape index (κ2) is 9.42. The Bertz CT molecular complexity index is 1020. The average molecular weight is 474 g/mol. The van der Waals surface area contributed by atoms with Crippen LogP contribution in [0.2, 0.25) is 10.0 Å². The first-order valence-corrected chi connectivity index (χ1v) is 12.0. The van der Waals surface area contributed by atoms with Crippen molar-refractivity contribution >= 4 is 40.7 Å². The second-order valence-corrected chi connectivity index (χ2v) is 10.2. The van der Waals surface area contributed by atoms with Crippen molar-refractivity contribution in [2.24, 2.45) is 5.92 Å². The lowest BCUT2D eigenvalue weighted by Gasteiger charge is -2.36. The second-order valence-electron chi connectivity index (χ2n) is 9.32. The third-order valence-corrected chi connectivity index (χ3v) is 6.80. The van der Waals surface area contributed by atoms with Crippen LogP contribution in [0.25, 0.3) is 0 Å². The van der Waals surface area contributed by atoms with Crippen LogP contribution in [0.15, 0.2) is 42.5 Å². The maximum atomic E-state index is 13.5. The van der Waals surface area contributed by atoms with E-state index in [0.29, 0.717) is 28.6 Å². The highest BCUT2D eigenvalue weighted by atomic mass is 35.5. The number of nitrogens with one attached hydrogen (secondary N) is 3. The number of hydrogen-bond donors (Lipinski definition) is 3. The van der Waals surface area contributed by atoms with Crippen LogP contribution in [0.3, 0.4) is 0 Å². The Morgan fingerprint density at radius 2 is 1.91 bits per heavy atom. The lowest BCUT2D eigenvalue weighted by molar-refractivity contribution is -0.127. The monoisotopic (exact) mass is 473 g/mol. The highest BCUT2D eigenvalue weighted by Gasteiger charge is 2.49. The van der Waals surface area contributed by atoms with E-state index >= 15 is 0 Å². The molecule has 4 rings (SSSR count). The Morgan fingerprint density at radius 1 is 1.16 bits per heavy atom. The standard InChI is InChI=1S/C25H29Cl2N3O2/c1-15(2)11-22(23(31)28-19-7-4-8-19)30-25(14-16-5-3-6-17(26)12-16)20-10-9-18(27)13-21(20)29-24(25)32/h3,5-6,9-10,12-13,15,19,22,30H,4,7-8,11,14H2,1-2H3,(H,28,31)(H,29,32)/t22?,25-/m0/s1. The summed E-state index contributed by atoms with van der Waals surface area (Å²) in [5, 5.41) is 10.8. The van der Waals surface area contributed by atoms with Gasteiger partial charge in [-0.1, -0.05) is 55.2 Å². The predicted octanol–water partition coefficient (Wildman–Crippen LogP) is 5.06. The lowest BCUT2D eigenvalue weighted by atomic mass is 9.83. The lowest BCUT2D eigenvalue weighted by Crippen LogP contribution is -2.59. The molecule has 0 radical (unpaired) electrons. The molecule has 0 aromatic heterocycles. The minimum absolute atomic E-state index is 0.0518. The molecule has 0 bridgehead atoms. The van der Waals surface area contributed by atoms with E-state index in [1.807, 2.05) is 24.3 Å². The zero-order valence-corrected chi connectivity index (χ0v) is 19.9. The van der Waals surface area contributed by atoms with E-state index in [-0.39, 0.29) is 23.8 Å². The van der Waals surface area contributed by atoms with Crippen LogP contribution in [0.4, 0.5) is 5.69 Å². The number of carbonyl (C=O) groups is 2. The fraction of sp³-hybridized carbons (Fsp3) is 0.440. The number of benzene rings is 2. The van der Waals surface area contributed by atoms with Gasteiger partial charge in [-0.05, 0) is 61.4 Å². The molecule has 170 valence electrons. The van der Waals surface area contributed by atoms with E-state index in [2.05, 4.69) is 29.8 Å². The highest BCUT2D eigenvalue weighted by Crippen LogP contribution is 2.41. The molecule has 1 saturated carbocycles. The van der Waals surface area contributed by atoms with Crippen molar-refractivity contribution in [2.45, 2.75) is 63.6 Å². The van der Waals surface area contributed by atoms with Crippen LogP contribution in [-0.2, 0) is 21.5 Å². The highest BCUT2D eigenvalue weighted by molar-refractivity contribution is 6.31. The van der Waals surface area contributed by atoms with Gasteiger partial charge in [0.2, 0.25) is 11.8 Å². The van der Waals surface area contributed by atoms with Crippen molar-refractivity contribution in [1.82, 2.24) is 10.6 Å². The third kappa shape index (κ3) is 4.80. The molecule has 1 unspecified atom stereocenters. The summed E-state index contributed by atoms with van der Waals surface area (Å²) in [7, 11) is 0. The van der Waals surface area contributed by atoms with Gasteiger partial charge in [0.05, 0.1) is 6.04 Å². The molecule has 1 aliphatic carbocycles. The van der Waals surface area contributed by atoms with Gasteiger partial charge < -0.3 is 10.6 Å². The normalized spacial score (nSPS) is 21.1. The fourth-order valence-corrected chi connectivity index (χ4v) is 4.91. The van der Waals surface area contributed by atoms with E-state index in [1.54, 1.807) is 18.2 Å². The number of amides is 2. The number of fused-ring (bicyclic) bond motifs is 1. The van der Waals surface area contributed by atoms with Crippen LogP contribution in [0.1, 0.15) is 50.7 Å². The molecule has 1 fully saturated rings. The molecule has 0 spiro atoms. The van der Waals surface area contributed by atoms with Crippen molar-refractivity contribution < 1.29 is 9.59 Å². The summed E-state index contributed by atoms with van der Waals surface area (Å²) in [6, 6.07) is 12.6. The summed E-state index contributed by atoms with van der Waals surface area (Å²) in [6.45, 7) is 4.16. The van der Waals surface area contributed by atoms with Crippen LogP contribution in [0, 0.1) is 5.92 Å². The smallest absolute Gasteiger partial charge is 0.249 e. The molecule has 2 amide bonds. The molecule has 1 heterocycles. The topological polar surface area (TPSA) is 70.2 Å². The van der Waals surface area contributed by atoms with Gasteiger partial charge in [-0.3, -0.25) is 14.9 Å². The summed E-state index contributed by atoms with van der Waals surface area (Å²) >= 11 is 12.4. The van der Waals surface area contributed by atoms with Crippen LogP contribution >= 0.6 is 23.2 Å². The maximum absolute atomic E-state index is 13.5. The van der Waals surface area contributed by atoms with Crippen molar-refractivity contribution in [2.75, 3.05) is 5.32 Å². The zero-order valence-electron chi connectivity index (χ0n) is 18.4. The molecule has 0 saturated heterocycles. The van der Waals surface area contributed by atoms with Crippen molar-refractivity contribution in [1.29, 1.82) is 0 Å². The molecule has 3 N–H and O–H groups in total. The number of halogens is 2. The summed E-state index contributed by atoms with van der Waals surface area (Å²) in [5.74, 6) is 0.0287. The molecular weight excluding hydrogens is 445 g/mol. The molecule has 5 nitrogen and oxygen atoms in total. The quantitative estimate of drug-likeness (QED) is 0.501. The summed E-state index contributed by atoms with van der Waals surface area (Å²) in [4.78, 5) is 26.7. The molecule has 2 aliphatic rings. The zero-order chi connectivity index (χ0) is 22.9. The van der Waals surface area contributed by atoms with Gasteiger partial charge in [0, 0.05) is 33.8 Å². The minimum Gasteiger partial charge on any atom is -0.352 e. The van der Waals surface area contributed by atoms with Crippen molar-refractivity contribution in [3.63, 3.8) is 0 Å². The molecule has 1 aliphatic heterocycles. The largest absolute Gasteiger partial charge is 0.352 e. The van der Waals surface area contributed by atoms with Crippen molar-refractivity contribution in [3.05, 3.63) is 63.6 Å². The Morgan fingerprint density at radius 3 is 2.56 bits per heavy atom. The average Bonchev–Trinajstić information content (AvgIpc) is 2.94. The Hall–Kier alpha value is -2.08. The first-order chi connectivity index (χ1) is 15.3. The fourth-order valence-electron chi connectivity index (χ4n) is 4.52. The van der Waals surface area contributed by atoms with Crippen molar-refractivity contribution in [3.8, 4) is 0 Å².